The Morgan fingerprint density at radius 2 is 2.22 bits per heavy atom. The maximum absolute atomic E-state index is 13.4. The monoisotopic (exact) mass is 250 g/mol. The summed E-state index contributed by atoms with van der Waals surface area (Å²) in [4.78, 5) is 23.4. The first-order valence-electron chi connectivity index (χ1n) is 5.61. The van der Waals surface area contributed by atoms with Crippen LogP contribution in [0.15, 0.2) is 18.2 Å². The van der Waals surface area contributed by atoms with E-state index in [0.717, 1.165) is 0 Å². The van der Waals surface area contributed by atoms with Gasteiger partial charge in [0.2, 0.25) is 0 Å². The van der Waals surface area contributed by atoms with Gasteiger partial charge in [-0.05, 0) is 25.1 Å². The molecule has 0 aromatic heterocycles. The van der Waals surface area contributed by atoms with Gasteiger partial charge in [-0.2, -0.15) is 0 Å². The van der Waals surface area contributed by atoms with E-state index < -0.39 is 23.3 Å². The zero-order valence-corrected chi connectivity index (χ0v) is 9.62. The molecule has 1 aromatic rings. The van der Waals surface area contributed by atoms with Crippen LogP contribution in [0, 0.1) is 5.82 Å². The molecule has 3 amide bonds. The van der Waals surface area contributed by atoms with Gasteiger partial charge in [-0.15, -0.1) is 0 Å². The molecule has 5 nitrogen and oxygen atoms in total. The number of fused-ring (bicyclic) bond motifs is 2. The Kier molecular flexibility index (Phi) is 2.10. The van der Waals surface area contributed by atoms with Gasteiger partial charge in [-0.3, -0.25) is 10.1 Å². The first-order valence-corrected chi connectivity index (χ1v) is 5.61. The Hall–Kier alpha value is -2.11. The normalized spacial score (nSPS) is 29.6. The average molecular weight is 250 g/mol. The molecule has 1 unspecified atom stereocenters. The number of urea groups is 1. The number of rotatable bonds is 0. The number of carbonyl (C=O) groups is 2. The zero-order valence-electron chi connectivity index (χ0n) is 9.62. The highest BCUT2D eigenvalue weighted by molar-refractivity contribution is 6.07. The quantitative estimate of drug-likeness (QED) is 0.676. The van der Waals surface area contributed by atoms with Crippen molar-refractivity contribution in [3.05, 3.63) is 29.6 Å². The molecule has 2 aliphatic rings. The van der Waals surface area contributed by atoms with Crippen LogP contribution >= 0.6 is 0 Å². The van der Waals surface area contributed by atoms with Crippen LogP contribution in [0.4, 0.5) is 9.18 Å². The molecule has 1 aromatic carbocycles. The minimum Gasteiger partial charge on any atom is -0.490 e. The lowest BCUT2D eigenvalue weighted by Crippen LogP contribution is -2.49. The van der Waals surface area contributed by atoms with E-state index in [0.29, 0.717) is 11.3 Å². The van der Waals surface area contributed by atoms with Crippen molar-refractivity contribution < 1.29 is 18.7 Å². The molecule has 0 bridgehead atoms. The van der Waals surface area contributed by atoms with Gasteiger partial charge in [-0.25, -0.2) is 9.18 Å². The third-order valence-corrected chi connectivity index (χ3v) is 3.26. The molecule has 1 spiro atoms. The van der Waals surface area contributed by atoms with E-state index in [4.69, 9.17) is 4.74 Å². The number of carbonyl (C=O) groups excluding carboxylic acids is 2. The predicted molar refractivity (Wildman–Crippen MR) is 59.5 cm³/mol. The summed E-state index contributed by atoms with van der Waals surface area (Å²) in [5.74, 6) is -0.512. The number of halogens is 1. The van der Waals surface area contributed by atoms with Crippen LogP contribution in [-0.2, 0) is 10.3 Å². The molecule has 0 radical (unpaired) electrons. The van der Waals surface area contributed by atoms with Crippen LogP contribution in [-0.4, -0.2) is 18.0 Å². The minimum atomic E-state index is -1.22. The predicted octanol–water partition coefficient (Wildman–Crippen LogP) is 1.03. The maximum atomic E-state index is 13.4. The van der Waals surface area contributed by atoms with Crippen LogP contribution in [0.1, 0.15) is 18.9 Å². The van der Waals surface area contributed by atoms with Crippen LogP contribution in [0.5, 0.6) is 5.75 Å². The summed E-state index contributed by atoms with van der Waals surface area (Å²) < 4.78 is 18.9. The van der Waals surface area contributed by atoms with Crippen molar-refractivity contribution in [1.29, 1.82) is 0 Å². The van der Waals surface area contributed by atoms with Gasteiger partial charge in [0.15, 0.2) is 5.54 Å². The second-order valence-electron chi connectivity index (χ2n) is 4.59. The zero-order chi connectivity index (χ0) is 12.9. The Morgan fingerprint density at radius 1 is 1.44 bits per heavy atom. The van der Waals surface area contributed by atoms with Crippen molar-refractivity contribution in [2.24, 2.45) is 0 Å². The van der Waals surface area contributed by atoms with Gasteiger partial charge in [0, 0.05) is 12.0 Å². The highest BCUT2D eigenvalue weighted by Crippen LogP contribution is 2.41. The Bertz CT molecular complexity index is 560. The number of hydrogen-bond acceptors (Lipinski definition) is 3. The molecule has 2 N–H and O–H groups in total. The standard InChI is InChI=1S/C12H11FN2O3/c1-6-5-12(10(16)14-11(17)15-12)8-4-7(13)2-3-9(8)18-6/h2-4,6H,5H2,1H3,(H2,14,15,16,17)/t6-,12?/m1/s1. The summed E-state index contributed by atoms with van der Waals surface area (Å²) in [5, 5.41) is 4.78. The molecule has 1 saturated heterocycles. The number of amides is 3. The van der Waals surface area contributed by atoms with E-state index in [1.807, 2.05) is 0 Å². The average Bonchev–Trinajstić information content (AvgIpc) is 2.55. The fraction of sp³-hybridized carbons (Fsp3) is 0.333. The molecule has 0 aliphatic carbocycles. The summed E-state index contributed by atoms with van der Waals surface area (Å²) in [6, 6.07) is 3.40. The summed E-state index contributed by atoms with van der Waals surface area (Å²) in [7, 11) is 0. The molecular weight excluding hydrogens is 239 g/mol. The van der Waals surface area contributed by atoms with Crippen molar-refractivity contribution in [2.75, 3.05) is 0 Å². The molecule has 0 saturated carbocycles. The third-order valence-electron chi connectivity index (χ3n) is 3.26. The van der Waals surface area contributed by atoms with E-state index in [-0.39, 0.29) is 12.5 Å². The number of nitrogens with one attached hydrogen (secondary N) is 2. The first-order chi connectivity index (χ1) is 8.51. The Labute approximate surface area is 102 Å². The van der Waals surface area contributed by atoms with Crippen molar-refractivity contribution in [2.45, 2.75) is 25.0 Å². The minimum absolute atomic E-state index is 0.243. The molecule has 3 rings (SSSR count). The van der Waals surface area contributed by atoms with Crippen LogP contribution in [0.3, 0.4) is 0 Å². The van der Waals surface area contributed by atoms with Crippen molar-refractivity contribution in [3.63, 3.8) is 0 Å². The summed E-state index contributed by atoms with van der Waals surface area (Å²) in [6.07, 6.45) is 0.0354. The van der Waals surface area contributed by atoms with Gasteiger partial charge in [0.1, 0.15) is 11.6 Å². The van der Waals surface area contributed by atoms with Crippen LogP contribution in [0.25, 0.3) is 0 Å². The van der Waals surface area contributed by atoms with Gasteiger partial charge in [-0.1, -0.05) is 0 Å². The van der Waals surface area contributed by atoms with Crippen molar-refractivity contribution in [3.8, 4) is 5.75 Å². The fourth-order valence-electron chi connectivity index (χ4n) is 2.56. The molecule has 94 valence electrons. The van der Waals surface area contributed by atoms with E-state index in [1.54, 1.807) is 6.92 Å². The van der Waals surface area contributed by atoms with Gasteiger partial charge in [0.05, 0.1) is 6.10 Å². The smallest absolute Gasteiger partial charge is 0.322 e. The van der Waals surface area contributed by atoms with Crippen LogP contribution in [0.2, 0.25) is 0 Å². The lowest BCUT2D eigenvalue weighted by molar-refractivity contribution is -0.126. The van der Waals surface area contributed by atoms with E-state index in [1.165, 1.54) is 18.2 Å². The first kappa shape index (κ1) is 11.0. The molecule has 2 atom stereocenters. The van der Waals surface area contributed by atoms with E-state index in [2.05, 4.69) is 10.6 Å². The summed E-state index contributed by atoms with van der Waals surface area (Å²) >= 11 is 0. The molecule has 2 aliphatic heterocycles. The fourth-order valence-corrected chi connectivity index (χ4v) is 2.56. The summed E-state index contributed by atoms with van der Waals surface area (Å²) in [6.45, 7) is 1.80. The Balaban J connectivity index is 2.20. The number of hydrogen-bond donors (Lipinski definition) is 2. The topological polar surface area (TPSA) is 67.4 Å². The lowest BCUT2D eigenvalue weighted by Gasteiger charge is -2.36. The molecular formula is C12H11FN2O3. The number of benzene rings is 1. The Morgan fingerprint density at radius 3 is 2.89 bits per heavy atom. The third kappa shape index (κ3) is 1.38. The second-order valence-corrected chi connectivity index (χ2v) is 4.59. The van der Waals surface area contributed by atoms with Gasteiger partial charge in [0.25, 0.3) is 5.91 Å². The van der Waals surface area contributed by atoms with E-state index in [9.17, 15) is 14.0 Å². The highest BCUT2D eigenvalue weighted by Gasteiger charge is 2.52. The number of imide groups is 1. The van der Waals surface area contributed by atoms with E-state index >= 15 is 0 Å². The molecule has 18 heavy (non-hydrogen) atoms. The largest absolute Gasteiger partial charge is 0.490 e. The van der Waals surface area contributed by atoms with Gasteiger partial charge < -0.3 is 10.1 Å². The molecule has 2 heterocycles. The second kappa shape index (κ2) is 3.44. The van der Waals surface area contributed by atoms with Gasteiger partial charge >= 0.3 is 6.03 Å². The maximum Gasteiger partial charge on any atom is 0.322 e. The lowest BCUT2D eigenvalue weighted by atomic mass is 9.82. The highest BCUT2D eigenvalue weighted by atomic mass is 19.1. The van der Waals surface area contributed by atoms with Crippen molar-refractivity contribution >= 4 is 11.9 Å². The molecule has 1 fully saturated rings. The number of ether oxygens (including phenoxy) is 1. The van der Waals surface area contributed by atoms with Crippen LogP contribution < -0.4 is 15.4 Å². The SMILES string of the molecule is C[C@@H]1CC2(NC(=O)NC2=O)c2cc(F)ccc2O1. The van der Waals surface area contributed by atoms with Crippen molar-refractivity contribution in [1.82, 2.24) is 10.6 Å². The summed E-state index contributed by atoms with van der Waals surface area (Å²) in [5.41, 5.74) is -0.851. The molecule has 6 heteroatoms.